The molecule has 0 bridgehead atoms. The molecule has 24 heavy (non-hydrogen) atoms. The van der Waals surface area contributed by atoms with Crippen molar-refractivity contribution in [3.8, 4) is 0 Å². The molecule has 128 valence electrons. The lowest BCUT2D eigenvalue weighted by molar-refractivity contribution is -0.114. The third-order valence-electron chi connectivity index (χ3n) is 3.89. The van der Waals surface area contributed by atoms with E-state index in [1.54, 1.807) is 39.9 Å². The number of nitrogens with one attached hydrogen (secondary N) is 1. The van der Waals surface area contributed by atoms with Crippen LogP contribution in [0.25, 0.3) is 0 Å². The first-order valence-corrected chi connectivity index (χ1v) is 10.2. The van der Waals surface area contributed by atoms with Crippen molar-refractivity contribution >= 4 is 33.0 Å². The van der Waals surface area contributed by atoms with Crippen molar-refractivity contribution in [2.24, 2.45) is 0 Å². The molecule has 2 aromatic rings. The van der Waals surface area contributed by atoms with Crippen molar-refractivity contribution in [1.82, 2.24) is 4.31 Å². The fourth-order valence-electron chi connectivity index (χ4n) is 2.59. The van der Waals surface area contributed by atoms with Gasteiger partial charge in [0.25, 0.3) is 0 Å². The fourth-order valence-corrected chi connectivity index (χ4v) is 4.97. The minimum atomic E-state index is -3.51. The lowest BCUT2D eigenvalue weighted by Gasteiger charge is -2.21. The maximum Gasteiger partial charge on any atom is 0.243 e. The van der Waals surface area contributed by atoms with Gasteiger partial charge in [-0.05, 0) is 55.0 Å². The van der Waals surface area contributed by atoms with Gasteiger partial charge in [-0.25, -0.2) is 8.42 Å². The first-order valence-electron chi connectivity index (χ1n) is 7.89. The van der Waals surface area contributed by atoms with E-state index in [1.807, 2.05) is 17.5 Å². The summed E-state index contributed by atoms with van der Waals surface area (Å²) in [4.78, 5) is 12.5. The van der Waals surface area contributed by atoms with E-state index in [1.165, 1.54) is 11.8 Å². The van der Waals surface area contributed by atoms with E-state index >= 15 is 0 Å². The highest BCUT2D eigenvalue weighted by atomic mass is 32.2. The molecule has 1 heterocycles. The number of thiophene rings is 1. The van der Waals surface area contributed by atoms with Crippen LogP contribution in [0, 0.1) is 0 Å². The molecule has 0 radical (unpaired) electrons. The number of hydrogen-bond donors (Lipinski definition) is 1. The zero-order chi connectivity index (χ0) is 17.2. The molecule has 1 fully saturated rings. The zero-order valence-corrected chi connectivity index (χ0v) is 15.1. The molecule has 1 amide bonds. The van der Waals surface area contributed by atoms with Crippen molar-refractivity contribution in [1.29, 1.82) is 0 Å². The highest BCUT2D eigenvalue weighted by Crippen LogP contribution is 2.32. The largest absolute Gasteiger partial charge is 0.326 e. The number of benzene rings is 1. The van der Waals surface area contributed by atoms with E-state index < -0.39 is 10.0 Å². The molecule has 0 spiro atoms. The van der Waals surface area contributed by atoms with Crippen LogP contribution in [-0.4, -0.2) is 31.2 Å². The van der Waals surface area contributed by atoms with Crippen LogP contribution in [0.2, 0.25) is 0 Å². The summed E-state index contributed by atoms with van der Waals surface area (Å²) < 4.78 is 27.5. The van der Waals surface area contributed by atoms with E-state index in [0.717, 1.165) is 19.3 Å². The number of nitrogens with zero attached hydrogens (tertiary/aromatic N) is 1. The predicted molar refractivity (Wildman–Crippen MR) is 95.7 cm³/mol. The van der Waals surface area contributed by atoms with Crippen molar-refractivity contribution in [3.63, 3.8) is 0 Å². The van der Waals surface area contributed by atoms with E-state index in [9.17, 15) is 13.2 Å². The quantitative estimate of drug-likeness (QED) is 0.821. The van der Waals surface area contributed by atoms with Gasteiger partial charge in [-0.15, -0.1) is 11.3 Å². The molecular weight excluding hydrogens is 344 g/mol. The Hall–Kier alpha value is -1.70. The topological polar surface area (TPSA) is 66.5 Å². The third-order valence-corrected chi connectivity index (χ3v) is 6.80. The number of amides is 1. The summed E-state index contributed by atoms with van der Waals surface area (Å²) in [5.74, 6) is -0.179. The van der Waals surface area contributed by atoms with Crippen LogP contribution in [0.1, 0.15) is 24.6 Å². The molecule has 0 saturated heterocycles. The molecule has 0 aliphatic heterocycles. The van der Waals surface area contributed by atoms with Crippen molar-refractivity contribution < 1.29 is 13.2 Å². The Morgan fingerprint density at radius 2 is 1.96 bits per heavy atom. The van der Waals surface area contributed by atoms with Gasteiger partial charge in [0.15, 0.2) is 0 Å². The Labute approximate surface area is 146 Å². The van der Waals surface area contributed by atoms with Crippen molar-refractivity contribution in [2.75, 3.05) is 11.9 Å². The molecule has 0 unspecified atom stereocenters. The molecule has 1 N–H and O–H groups in total. The number of carbonyl (C=O) groups is 1. The van der Waals surface area contributed by atoms with Crippen LogP contribution in [0.5, 0.6) is 0 Å². The highest BCUT2D eigenvalue weighted by molar-refractivity contribution is 7.89. The minimum Gasteiger partial charge on any atom is -0.326 e. The minimum absolute atomic E-state index is 0.116. The fraction of sp³-hybridized carbons (Fsp3) is 0.353. The average molecular weight is 364 g/mol. The summed E-state index contributed by atoms with van der Waals surface area (Å²) in [6.07, 6.45) is 2.58. The molecule has 3 rings (SSSR count). The standard InChI is InChI=1S/C17H20N2O3S2/c1-13(20)18-14-4-8-17(9-5-14)24(21,22)19(15-6-7-15)11-10-16-3-2-12-23-16/h2-5,8-9,12,15H,6-7,10-11H2,1H3,(H,18,20). The monoisotopic (exact) mass is 364 g/mol. The maximum absolute atomic E-state index is 12.9. The van der Waals surface area contributed by atoms with Crippen LogP contribution >= 0.6 is 11.3 Å². The van der Waals surface area contributed by atoms with Gasteiger partial charge in [0.2, 0.25) is 15.9 Å². The summed E-state index contributed by atoms with van der Waals surface area (Å²) in [5.41, 5.74) is 0.595. The van der Waals surface area contributed by atoms with Gasteiger partial charge >= 0.3 is 0 Å². The smallest absolute Gasteiger partial charge is 0.243 e. The molecule has 1 saturated carbocycles. The van der Waals surface area contributed by atoms with Gasteiger partial charge in [-0.2, -0.15) is 4.31 Å². The van der Waals surface area contributed by atoms with Gasteiger partial charge in [-0.1, -0.05) is 6.07 Å². The molecular formula is C17H20N2O3S2. The second-order valence-corrected chi connectivity index (χ2v) is 8.80. The summed E-state index contributed by atoms with van der Waals surface area (Å²) >= 11 is 1.65. The molecule has 1 aromatic heterocycles. The van der Waals surface area contributed by atoms with Gasteiger partial charge in [0, 0.05) is 30.1 Å². The number of hydrogen-bond acceptors (Lipinski definition) is 4. The summed E-state index contributed by atoms with van der Waals surface area (Å²) in [7, 11) is -3.51. The Morgan fingerprint density at radius 1 is 1.25 bits per heavy atom. The van der Waals surface area contributed by atoms with Gasteiger partial charge in [-0.3, -0.25) is 4.79 Å². The first kappa shape index (κ1) is 17.1. The Balaban J connectivity index is 1.76. The van der Waals surface area contributed by atoms with Crippen LogP contribution in [0.4, 0.5) is 5.69 Å². The number of anilines is 1. The Bertz CT molecular complexity index is 795. The maximum atomic E-state index is 12.9. The van der Waals surface area contributed by atoms with E-state index in [-0.39, 0.29) is 16.8 Å². The van der Waals surface area contributed by atoms with Crippen LogP contribution in [0.3, 0.4) is 0 Å². The van der Waals surface area contributed by atoms with E-state index in [4.69, 9.17) is 0 Å². The van der Waals surface area contributed by atoms with Crippen LogP contribution in [0.15, 0.2) is 46.7 Å². The molecule has 5 nitrogen and oxygen atoms in total. The summed E-state index contributed by atoms with van der Waals surface area (Å²) in [5, 5.41) is 4.65. The highest BCUT2D eigenvalue weighted by Gasteiger charge is 2.37. The number of sulfonamides is 1. The van der Waals surface area contributed by atoms with Crippen LogP contribution < -0.4 is 5.32 Å². The number of rotatable bonds is 7. The summed E-state index contributed by atoms with van der Waals surface area (Å²) in [6, 6.07) is 10.5. The average Bonchev–Trinajstić information content (AvgIpc) is 3.22. The van der Waals surface area contributed by atoms with E-state index in [0.29, 0.717) is 12.2 Å². The lowest BCUT2D eigenvalue weighted by Crippen LogP contribution is -2.34. The van der Waals surface area contributed by atoms with Gasteiger partial charge < -0.3 is 5.32 Å². The van der Waals surface area contributed by atoms with Gasteiger partial charge in [0.1, 0.15) is 0 Å². The van der Waals surface area contributed by atoms with Crippen molar-refractivity contribution in [2.45, 2.75) is 37.1 Å². The third kappa shape index (κ3) is 4.03. The number of carbonyl (C=O) groups excluding carboxylic acids is 1. The molecule has 1 aliphatic carbocycles. The molecule has 1 aromatic carbocycles. The second-order valence-electron chi connectivity index (χ2n) is 5.88. The molecule has 0 atom stereocenters. The molecule has 1 aliphatic rings. The van der Waals surface area contributed by atoms with Crippen molar-refractivity contribution in [3.05, 3.63) is 46.7 Å². The zero-order valence-electron chi connectivity index (χ0n) is 13.4. The van der Waals surface area contributed by atoms with Gasteiger partial charge in [0.05, 0.1) is 4.90 Å². The Kier molecular flexibility index (Phi) is 5.03. The van der Waals surface area contributed by atoms with Crippen LogP contribution in [-0.2, 0) is 21.2 Å². The normalized spacial score (nSPS) is 14.8. The predicted octanol–water partition coefficient (Wildman–Crippen LogP) is 3.10. The Morgan fingerprint density at radius 3 is 2.50 bits per heavy atom. The van der Waals surface area contributed by atoms with E-state index in [2.05, 4.69) is 5.32 Å². The lowest BCUT2D eigenvalue weighted by atomic mass is 10.3. The summed E-state index contributed by atoms with van der Waals surface area (Å²) in [6.45, 7) is 1.92. The molecule has 7 heteroatoms. The SMILES string of the molecule is CC(=O)Nc1ccc(S(=O)(=O)N(CCc2cccs2)C2CC2)cc1. The first-order chi connectivity index (χ1) is 11.5. The second kappa shape index (κ2) is 7.04.